The third-order valence-electron chi connectivity index (χ3n) is 3.53. The van der Waals surface area contributed by atoms with Gasteiger partial charge in [-0.15, -0.1) is 0 Å². The maximum absolute atomic E-state index is 13.8. The predicted octanol–water partition coefficient (Wildman–Crippen LogP) is 3.88. The van der Waals surface area contributed by atoms with E-state index in [2.05, 4.69) is 5.32 Å². The van der Waals surface area contributed by atoms with Gasteiger partial charge < -0.3 is 5.32 Å². The molecule has 1 amide bonds. The van der Waals surface area contributed by atoms with E-state index in [1.54, 1.807) is 24.3 Å². The van der Waals surface area contributed by atoms with Crippen molar-refractivity contribution < 1.29 is 13.6 Å². The number of hydrogen-bond acceptors (Lipinski definition) is 2. The Morgan fingerprint density at radius 3 is 2.67 bits per heavy atom. The van der Waals surface area contributed by atoms with Gasteiger partial charge >= 0.3 is 0 Å². The summed E-state index contributed by atoms with van der Waals surface area (Å²) in [5.41, 5.74) is 0.777. The van der Waals surface area contributed by atoms with Crippen molar-refractivity contribution in [2.45, 2.75) is 6.54 Å². The van der Waals surface area contributed by atoms with Gasteiger partial charge in [-0.25, -0.2) is 8.78 Å². The molecule has 122 valence electrons. The highest BCUT2D eigenvalue weighted by Gasteiger charge is 2.31. The molecule has 1 fully saturated rings. The second-order valence-corrected chi connectivity index (χ2v) is 5.91. The third kappa shape index (κ3) is 3.16. The van der Waals surface area contributed by atoms with Crippen molar-refractivity contribution in [2.75, 3.05) is 0 Å². The zero-order valence-electron chi connectivity index (χ0n) is 12.2. The number of halogens is 3. The molecule has 0 atom stereocenters. The maximum atomic E-state index is 13.8. The zero-order valence-corrected chi connectivity index (χ0v) is 13.8. The van der Waals surface area contributed by atoms with Crippen molar-refractivity contribution in [3.05, 3.63) is 75.9 Å². The van der Waals surface area contributed by atoms with Gasteiger partial charge in [-0.3, -0.25) is 9.69 Å². The molecule has 2 aromatic carbocycles. The summed E-state index contributed by atoms with van der Waals surface area (Å²) in [6.45, 7) is 0.188. The molecule has 24 heavy (non-hydrogen) atoms. The van der Waals surface area contributed by atoms with Crippen molar-refractivity contribution in [3.63, 3.8) is 0 Å². The van der Waals surface area contributed by atoms with Crippen LogP contribution in [0.25, 0.3) is 6.08 Å². The number of carbonyl (C=O) groups excluding carboxylic acids is 1. The summed E-state index contributed by atoms with van der Waals surface area (Å²) >= 11 is 11.2. The second kappa shape index (κ2) is 6.67. The lowest BCUT2D eigenvalue weighted by atomic mass is 10.1. The SMILES string of the molecule is O=C1C(=Cc2cccc(F)c2F)NC(=S)N1Cc1ccccc1Cl. The van der Waals surface area contributed by atoms with E-state index in [4.69, 9.17) is 23.8 Å². The van der Waals surface area contributed by atoms with Crippen LogP contribution >= 0.6 is 23.8 Å². The van der Waals surface area contributed by atoms with Gasteiger partial charge in [-0.1, -0.05) is 41.9 Å². The monoisotopic (exact) mass is 364 g/mol. The van der Waals surface area contributed by atoms with Gasteiger partial charge in [0, 0.05) is 10.6 Å². The molecule has 3 nitrogen and oxygen atoms in total. The lowest BCUT2D eigenvalue weighted by Gasteiger charge is -2.14. The molecule has 0 radical (unpaired) electrons. The van der Waals surface area contributed by atoms with Gasteiger partial charge in [-0.2, -0.15) is 0 Å². The van der Waals surface area contributed by atoms with Crippen molar-refractivity contribution in [1.29, 1.82) is 0 Å². The first-order valence-electron chi connectivity index (χ1n) is 6.99. The molecule has 0 aromatic heterocycles. The molecule has 2 aromatic rings. The zero-order chi connectivity index (χ0) is 17.3. The molecule has 1 heterocycles. The van der Waals surface area contributed by atoms with Crippen LogP contribution < -0.4 is 5.32 Å². The summed E-state index contributed by atoms with van der Waals surface area (Å²) in [5.74, 6) is -2.43. The fourth-order valence-corrected chi connectivity index (χ4v) is 2.75. The van der Waals surface area contributed by atoms with E-state index < -0.39 is 17.5 Å². The first-order chi connectivity index (χ1) is 11.5. The van der Waals surface area contributed by atoms with Crippen molar-refractivity contribution in [3.8, 4) is 0 Å². The van der Waals surface area contributed by atoms with Gasteiger partial charge in [0.15, 0.2) is 16.7 Å². The molecule has 1 aliphatic rings. The van der Waals surface area contributed by atoms with Crippen LogP contribution in [0.4, 0.5) is 8.78 Å². The van der Waals surface area contributed by atoms with Crippen molar-refractivity contribution in [2.24, 2.45) is 0 Å². The number of carbonyl (C=O) groups is 1. The Labute approximate surface area is 147 Å². The smallest absolute Gasteiger partial charge is 0.276 e. The molecule has 0 spiro atoms. The van der Waals surface area contributed by atoms with Gasteiger partial charge in [0.2, 0.25) is 0 Å². The van der Waals surface area contributed by atoms with Crippen LogP contribution in [0.1, 0.15) is 11.1 Å². The van der Waals surface area contributed by atoms with Crippen LogP contribution in [0.3, 0.4) is 0 Å². The molecule has 0 bridgehead atoms. The molecule has 0 aliphatic carbocycles. The standard InChI is InChI=1S/C17H11ClF2N2OS/c18-12-6-2-1-4-11(12)9-22-16(23)14(21-17(22)24)8-10-5-3-7-13(19)15(10)20/h1-8H,9H2,(H,21,24). The van der Waals surface area contributed by atoms with Gasteiger partial charge in [0.25, 0.3) is 5.91 Å². The minimum atomic E-state index is -1.02. The minimum absolute atomic E-state index is 0.0340. The molecule has 0 unspecified atom stereocenters. The number of rotatable bonds is 3. The molecule has 3 rings (SSSR count). The summed E-state index contributed by atoms with van der Waals surface area (Å²) in [5, 5.41) is 3.42. The first kappa shape index (κ1) is 16.5. The quantitative estimate of drug-likeness (QED) is 0.662. The Morgan fingerprint density at radius 2 is 1.92 bits per heavy atom. The normalized spacial score (nSPS) is 16.0. The first-order valence-corrected chi connectivity index (χ1v) is 7.78. The van der Waals surface area contributed by atoms with E-state index >= 15 is 0 Å². The van der Waals surface area contributed by atoms with Crippen molar-refractivity contribution in [1.82, 2.24) is 10.2 Å². The number of amides is 1. The average Bonchev–Trinajstić information content (AvgIpc) is 2.81. The fourth-order valence-electron chi connectivity index (χ4n) is 2.30. The highest BCUT2D eigenvalue weighted by Crippen LogP contribution is 2.22. The summed E-state index contributed by atoms with van der Waals surface area (Å²) in [6, 6.07) is 10.8. The molecular weight excluding hydrogens is 354 g/mol. The molecule has 1 N–H and O–H groups in total. The molecule has 1 saturated heterocycles. The number of nitrogens with one attached hydrogen (secondary N) is 1. The lowest BCUT2D eigenvalue weighted by molar-refractivity contribution is -0.122. The Bertz CT molecular complexity index is 869. The maximum Gasteiger partial charge on any atom is 0.276 e. The molecular formula is C17H11ClF2N2OS. The molecule has 0 saturated carbocycles. The lowest BCUT2D eigenvalue weighted by Crippen LogP contribution is -2.30. The average molecular weight is 365 g/mol. The molecule has 7 heteroatoms. The summed E-state index contributed by atoms with van der Waals surface area (Å²) in [6.07, 6.45) is 1.24. The summed E-state index contributed by atoms with van der Waals surface area (Å²) in [7, 11) is 0. The summed E-state index contributed by atoms with van der Waals surface area (Å²) < 4.78 is 27.0. The third-order valence-corrected chi connectivity index (χ3v) is 4.22. The molecule has 1 aliphatic heterocycles. The van der Waals surface area contributed by atoms with E-state index in [-0.39, 0.29) is 22.9 Å². The number of hydrogen-bond donors (Lipinski definition) is 1. The Kier molecular flexibility index (Phi) is 4.59. The largest absolute Gasteiger partial charge is 0.328 e. The second-order valence-electron chi connectivity index (χ2n) is 5.11. The number of thiocarbonyl (C=S) groups is 1. The van der Waals surface area contributed by atoms with Crippen LogP contribution in [0.5, 0.6) is 0 Å². The van der Waals surface area contributed by atoms with E-state index in [1.165, 1.54) is 23.1 Å². The Balaban J connectivity index is 1.88. The van der Waals surface area contributed by atoms with Gasteiger partial charge in [-0.05, 0) is 36.0 Å². The Hall–Kier alpha value is -2.31. The highest BCUT2D eigenvalue weighted by atomic mass is 35.5. The van der Waals surface area contributed by atoms with Crippen LogP contribution in [-0.4, -0.2) is 15.9 Å². The van der Waals surface area contributed by atoms with Crippen LogP contribution in [0.2, 0.25) is 5.02 Å². The van der Waals surface area contributed by atoms with Crippen LogP contribution in [-0.2, 0) is 11.3 Å². The number of benzene rings is 2. The summed E-state index contributed by atoms with van der Waals surface area (Å²) in [4.78, 5) is 13.8. The van der Waals surface area contributed by atoms with E-state index in [1.807, 2.05) is 0 Å². The van der Waals surface area contributed by atoms with E-state index in [9.17, 15) is 13.6 Å². The van der Waals surface area contributed by atoms with Gasteiger partial charge in [0.1, 0.15) is 5.70 Å². The Morgan fingerprint density at radius 1 is 1.17 bits per heavy atom. The van der Waals surface area contributed by atoms with Crippen LogP contribution in [0, 0.1) is 11.6 Å². The fraction of sp³-hybridized carbons (Fsp3) is 0.0588. The predicted molar refractivity (Wildman–Crippen MR) is 92.1 cm³/mol. The van der Waals surface area contributed by atoms with E-state index in [0.717, 1.165) is 11.6 Å². The van der Waals surface area contributed by atoms with E-state index in [0.29, 0.717) is 5.02 Å². The van der Waals surface area contributed by atoms with Crippen molar-refractivity contribution >= 4 is 40.9 Å². The minimum Gasteiger partial charge on any atom is -0.328 e. The number of nitrogens with zero attached hydrogens (tertiary/aromatic N) is 1. The topological polar surface area (TPSA) is 32.3 Å². The van der Waals surface area contributed by atoms with Gasteiger partial charge in [0.05, 0.1) is 6.54 Å². The van der Waals surface area contributed by atoms with Crippen LogP contribution in [0.15, 0.2) is 48.2 Å². The highest BCUT2D eigenvalue weighted by molar-refractivity contribution is 7.80.